The molecular formula is C10H9NO3. The number of esters is 1. The number of carbonyl (C=O) groups excluding carboxylic acids is 1. The molecule has 0 amide bonds. The Hall–Kier alpha value is -1.84. The van der Waals surface area contributed by atoms with Gasteiger partial charge in [-0.25, -0.2) is 4.79 Å². The lowest BCUT2D eigenvalue weighted by Gasteiger charge is -1.93. The van der Waals surface area contributed by atoms with Crippen molar-refractivity contribution in [3.63, 3.8) is 0 Å². The van der Waals surface area contributed by atoms with E-state index in [1.165, 1.54) is 7.11 Å². The Kier molecular flexibility index (Phi) is 1.96. The lowest BCUT2D eigenvalue weighted by Crippen LogP contribution is -2.01. The van der Waals surface area contributed by atoms with Crippen molar-refractivity contribution in [3.05, 3.63) is 29.5 Å². The van der Waals surface area contributed by atoms with Crippen LogP contribution in [0, 0.1) is 6.92 Å². The Labute approximate surface area is 80.4 Å². The van der Waals surface area contributed by atoms with Crippen molar-refractivity contribution in [1.82, 2.24) is 5.16 Å². The number of fused-ring (bicyclic) bond motifs is 1. The van der Waals surface area contributed by atoms with Crippen molar-refractivity contribution >= 4 is 16.9 Å². The Morgan fingerprint density at radius 2 is 2.29 bits per heavy atom. The quantitative estimate of drug-likeness (QED) is 0.646. The number of hydrogen-bond donors (Lipinski definition) is 0. The number of carbonyl (C=O) groups is 1. The molecule has 1 aromatic carbocycles. The van der Waals surface area contributed by atoms with Gasteiger partial charge in [0.05, 0.1) is 12.5 Å². The zero-order valence-electron chi connectivity index (χ0n) is 7.90. The maximum absolute atomic E-state index is 11.2. The fraction of sp³-hybridized carbons (Fsp3) is 0.200. The molecular weight excluding hydrogens is 182 g/mol. The van der Waals surface area contributed by atoms with Gasteiger partial charge in [0.25, 0.3) is 0 Å². The molecule has 0 fully saturated rings. The molecule has 2 rings (SSSR count). The predicted octanol–water partition coefficient (Wildman–Crippen LogP) is 1.92. The highest BCUT2D eigenvalue weighted by Gasteiger charge is 2.15. The van der Waals surface area contributed by atoms with Crippen LogP contribution in [0.3, 0.4) is 0 Å². The summed E-state index contributed by atoms with van der Waals surface area (Å²) in [6, 6.07) is 5.52. The van der Waals surface area contributed by atoms with Gasteiger partial charge in [-0.05, 0) is 24.6 Å². The van der Waals surface area contributed by atoms with Gasteiger partial charge in [0, 0.05) is 0 Å². The van der Waals surface area contributed by atoms with E-state index < -0.39 is 5.97 Å². The summed E-state index contributed by atoms with van der Waals surface area (Å²) in [6.45, 7) is 1.94. The van der Waals surface area contributed by atoms with Gasteiger partial charge in [-0.15, -0.1) is 0 Å². The molecule has 4 nitrogen and oxygen atoms in total. The standard InChI is InChI=1S/C10H9NO3/c1-6-3-4-7-8(5-6)14-11-9(7)10(12)13-2/h3-5H,1-2H3. The third-order valence-corrected chi connectivity index (χ3v) is 2.01. The largest absolute Gasteiger partial charge is 0.464 e. The van der Waals surface area contributed by atoms with Crippen molar-refractivity contribution in [1.29, 1.82) is 0 Å². The zero-order valence-corrected chi connectivity index (χ0v) is 7.90. The van der Waals surface area contributed by atoms with Gasteiger partial charge in [0.2, 0.25) is 0 Å². The van der Waals surface area contributed by atoms with Crippen molar-refractivity contribution < 1.29 is 14.1 Å². The van der Waals surface area contributed by atoms with E-state index >= 15 is 0 Å². The second-order valence-corrected chi connectivity index (χ2v) is 3.02. The molecule has 0 aliphatic carbocycles. The van der Waals surface area contributed by atoms with E-state index in [1.807, 2.05) is 19.1 Å². The van der Waals surface area contributed by atoms with Gasteiger partial charge in [0.15, 0.2) is 11.3 Å². The van der Waals surface area contributed by atoms with Crippen LogP contribution in [0.25, 0.3) is 11.0 Å². The summed E-state index contributed by atoms with van der Waals surface area (Å²) in [5.41, 5.74) is 1.89. The normalized spacial score (nSPS) is 10.4. The molecule has 4 heteroatoms. The van der Waals surface area contributed by atoms with Gasteiger partial charge in [-0.2, -0.15) is 0 Å². The van der Waals surface area contributed by atoms with Crippen LogP contribution in [0.4, 0.5) is 0 Å². The van der Waals surface area contributed by atoms with E-state index in [0.717, 1.165) is 5.56 Å². The molecule has 0 radical (unpaired) electrons. The molecule has 14 heavy (non-hydrogen) atoms. The van der Waals surface area contributed by atoms with E-state index in [9.17, 15) is 4.79 Å². The zero-order chi connectivity index (χ0) is 10.1. The van der Waals surface area contributed by atoms with Crippen LogP contribution in [0.15, 0.2) is 22.7 Å². The van der Waals surface area contributed by atoms with E-state index in [4.69, 9.17) is 4.52 Å². The highest BCUT2D eigenvalue weighted by Crippen LogP contribution is 2.19. The molecule has 0 bridgehead atoms. The molecule has 2 aromatic rings. The van der Waals surface area contributed by atoms with Crippen LogP contribution >= 0.6 is 0 Å². The van der Waals surface area contributed by atoms with Crippen molar-refractivity contribution in [2.75, 3.05) is 7.11 Å². The Morgan fingerprint density at radius 1 is 1.50 bits per heavy atom. The summed E-state index contributed by atoms with van der Waals surface area (Å²) in [5, 5.41) is 4.34. The van der Waals surface area contributed by atoms with Crippen LogP contribution < -0.4 is 0 Å². The smallest absolute Gasteiger partial charge is 0.360 e. The van der Waals surface area contributed by atoms with E-state index in [1.54, 1.807) is 6.07 Å². The number of hydrogen-bond acceptors (Lipinski definition) is 4. The Balaban J connectivity index is 2.64. The lowest BCUT2D eigenvalue weighted by atomic mass is 10.1. The molecule has 0 aliphatic heterocycles. The highest BCUT2D eigenvalue weighted by molar-refractivity contribution is 6.01. The van der Waals surface area contributed by atoms with Gasteiger partial charge >= 0.3 is 5.97 Å². The van der Waals surface area contributed by atoms with Gasteiger partial charge in [0.1, 0.15) is 0 Å². The van der Waals surface area contributed by atoms with E-state index in [2.05, 4.69) is 9.89 Å². The number of aryl methyl sites for hydroxylation is 1. The summed E-state index contributed by atoms with van der Waals surface area (Å²) in [5.74, 6) is -0.479. The number of benzene rings is 1. The lowest BCUT2D eigenvalue weighted by molar-refractivity contribution is 0.0591. The average molecular weight is 191 g/mol. The summed E-state index contributed by atoms with van der Waals surface area (Å²) in [7, 11) is 1.32. The monoisotopic (exact) mass is 191 g/mol. The highest BCUT2D eigenvalue weighted by atomic mass is 16.5. The molecule has 0 saturated carbocycles. The third kappa shape index (κ3) is 1.25. The summed E-state index contributed by atoms with van der Waals surface area (Å²) in [6.07, 6.45) is 0. The average Bonchev–Trinajstić information content (AvgIpc) is 2.59. The summed E-state index contributed by atoms with van der Waals surface area (Å²) >= 11 is 0. The number of methoxy groups -OCH3 is 1. The number of aromatic nitrogens is 1. The van der Waals surface area contributed by atoms with Gasteiger partial charge < -0.3 is 9.26 Å². The second-order valence-electron chi connectivity index (χ2n) is 3.02. The van der Waals surface area contributed by atoms with Gasteiger partial charge in [-0.3, -0.25) is 0 Å². The SMILES string of the molecule is COC(=O)c1noc2cc(C)ccc12. The van der Waals surface area contributed by atoms with Crippen LogP contribution in [0.1, 0.15) is 16.1 Å². The minimum atomic E-state index is -0.479. The maximum atomic E-state index is 11.2. The van der Waals surface area contributed by atoms with E-state index in [-0.39, 0.29) is 5.69 Å². The molecule has 0 atom stereocenters. The molecule has 0 unspecified atom stereocenters. The summed E-state index contributed by atoms with van der Waals surface area (Å²) < 4.78 is 9.57. The minimum Gasteiger partial charge on any atom is -0.464 e. The molecule has 1 aromatic heterocycles. The molecule has 0 N–H and O–H groups in total. The predicted molar refractivity (Wildman–Crippen MR) is 50.1 cm³/mol. The van der Waals surface area contributed by atoms with Crippen LogP contribution in [0.5, 0.6) is 0 Å². The fourth-order valence-corrected chi connectivity index (χ4v) is 1.29. The molecule has 0 spiro atoms. The Bertz CT molecular complexity index is 487. The summed E-state index contributed by atoms with van der Waals surface area (Å²) in [4.78, 5) is 11.2. The maximum Gasteiger partial charge on any atom is 0.360 e. The van der Waals surface area contributed by atoms with Crippen LogP contribution in [-0.2, 0) is 4.74 Å². The second kappa shape index (κ2) is 3.14. The van der Waals surface area contributed by atoms with Crippen molar-refractivity contribution in [2.45, 2.75) is 6.92 Å². The first kappa shape index (κ1) is 8.74. The molecule has 0 saturated heterocycles. The third-order valence-electron chi connectivity index (χ3n) is 2.01. The first-order valence-corrected chi connectivity index (χ1v) is 4.16. The van der Waals surface area contributed by atoms with E-state index in [0.29, 0.717) is 11.0 Å². The van der Waals surface area contributed by atoms with Crippen molar-refractivity contribution in [3.8, 4) is 0 Å². The first-order chi connectivity index (χ1) is 6.72. The topological polar surface area (TPSA) is 52.3 Å². The first-order valence-electron chi connectivity index (χ1n) is 4.16. The number of nitrogens with zero attached hydrogens (tertiary/aromatic N) is 1. The molecule has 1 heterocycles. The minimum absolute atomic E-state index is 0.225. The Morgan fingerprint density at radius 3 is 3.00 bits per heavy atom. The molecule has 72 valence electrons. The fourth-order valence-electron chi connectivity index (χ4n) is 1.29. The number of rotatable bonds is 1. The van der Waals surface area contributed by atoms with Crippen LogP contribution in [-0.4, -0.2) is 18.2 Å². The van der Waals surface area contributed by atoms with Gasteiger partial charge in [-0.1, -0.05) is 11.2 Å². The number of ether oxygens (including phenoxy) is 1. The van der Waals surface area contributed by atoms with Crippen molar-refractivity contribution in [2.24, 2.45) is 0 Å². The molecule has 0 aliphatic rings. The van der Waals surface area contributed by atoms with Crippen LogP contribution in [0.2, 0.25) is 0 Å².